The predicted octanol–water partition coefficient (Wildman–Crippen LogP) is 6.13. The fourth-order valence-electron chi connectivity index (χ4n) is 3.30. The van der Waals surface area contributed by atoms with E-state index in [4.69, 9.17) is 13.9 Å². The summed E-state index contributed by atoms with van der Waals surface area (Å²) in [6.07, 6.45) is 0. The molecule has 0 saturated carbocycles. The van der Waals surface area contributed by atoms with Gasteiger partial charge in [0.05, 0.1) is 20.0 Å². The van der Waals surface area contributed by atoms with Gasteiger partial charge in [-0.2, -0.15) is 0 Å². The van der Waals surface area contributed by atoms with Gasteiger partial charge in [-0.15, -0.1) is 11.8 Å². The van der Waals surface area contributed by atoms with Gasteiger partial charge in [-0.1, -0.05) is 45.0 Å². The van der Waals surface area contributed by atoms with Crippen LogP contribution >= 0.6 is 11.8 Å². The van der Waals surface area contributed by atoms with E-state index in [9.17, 15) is 4.79 Å². The summed E-state index contributed by atoms with van der Waals surface area (Å²) in [5, 5.41) is 2.89. The number of carbonyl (C=O) groups is 1. The number of methoxy groups -OCH3 is 2. The normalized spacial score (nSPS) is 11.3. The summed E-state index contributed by atoms with van der Waals surface area (Å²) in [4.78, 5) is 13.8. The topological polar surface area (TPSA) is 60.7 Å². The average molecular weight is 454 g/mol. The molecule has 0 aliphatic carbocycles. The van der Waals surface area contributed by atoms with Crippen molar-refractivity contribution >= 4 is 17.7 Å². The van der Waals surface area contributed by atoms with Gasteiger partial charge in [0.2, 0.25) is 0 Å². The van der Waals surface area contributed by atoms with E-state index in [-0.39, 0.29) is 11.3 Å². The molecular weight excluding hydrogens is 422 g/mol. The van der Waals surface area contributed by atoms with Gasteiger partial charge >= 0.3 is 0 Å². The van der Waals surface area contributed by atoms with E-state index in [1.807, 2.05) is 24.3 Å². The highest BCUT2D eigenvalue weighted by Crippen LogP contribution is 2.32. The summed E-state index contributed by atoms with van der Waals surface area (Å²) >= 11 is 1.72. The number of rotatable bonds is 8. The van der Waals surface area contributed by atoms with E-state index in [0.717, 1.165) is 11.3 Å². The molecule has 0 aliphatic rings. The van der Waals surface area contributed by atoms with Gasteiger partial charge in [-0.05, 0) is 47.7 Å². The first-order valence-corrected chi connectivity index (χ1v) is 11.5. The van der Waals surface area contributed by atoms with Crippen molar-refractivity contribution in [2.45, 2.75) is 50.3 Å². The van der Waals surface area contributed by atoms with E-state index in [0.29, 0.717) is 29.6 Å². The minimum absolute atomic E-state index is 0.102. The van der Waals surface area contributed by atoms with Crippen molar-refractivity contribution in [3.63, 3.8) is 0 Å². The zero-order chi connectivity index (χ0) is 23.3. The second-order valence-corrected chi connectivity index (χ2v) is 9.64. The molecule has 5 nitrogen and oxygen atoms in total. The van der Waals surface area contributed by atoms with Crippen LogP contribution in [0.15, 0.2) is 57.8 Å². The highest BCUT2D eigenvalue weighted by Gasteiger charge is 2.17. The molecule has 0 saturated heterocycles. The van der Waals surface area contributed by atoms with Gasteiger partial charge in [0.1, 0.15) is 5.76 Å². The van der Waals surface area contributed by atoms with Gasteiger partial charge in [0.15, 0.2) is 17.3 Å². The molecule has 0 atom stereocenters. The van der Waals surface area contributed by atoms with Gasteiger partial charge in [0, 0.05) is 17.0 Å². The SMILES string of the molecule is COc1cccc(CNC(=O)c2ccc(CSc3cc(C(C)(C)C)ccc3C)o2)c1OC. The number of nitrogens with one attached hydrogen (secondary N) is 1. The molecule has 32 heavy (non-hydrogen) atoms. The molecule has 3 rings (SSSR count). The second kappa shape index (κ2) is 10.2. The number of carbonyl (C=O) groups excluding carboxylic acids is 1. The number of thioether (sulfide) groups is 1. The second-order valence-electron chi connectivity index (χ2n) is 8.62. The van der Waals surface area contributed by atoms with E-state index >= 15 is 0 Å². The molecule has 3 aromatic rings. The third-order valence-corrected chi connectivity index (χ3v) is 6.41. The van der Waals surface area contributed by atoms with Crippen LogP contribution in [0, 0.1) is 6.92 Å². The molecule has 0 spiro atoms. The van der Waals surface area contributed by atoms with Crippen molar-refractivity contribution in [1.82, 2.24) is 5.32 Å². The summed E-state index contributed by atoms with van der Waals surface area (Å²) in [6, 6.07) is 15.7. The fraction of sp³-hybridized carbons (Fsp3) is 0.346. The van der Waals surface area contributed by atoms with Crippen LogP contribution < -0.4 is 14.8 Å². The monoisotopic (exact) mass is 453 g/mol. The molecule has 1 N–H and O–H groups in total. The quantitative estimate of drug-likeness (QED) is 0.416. The van der Waals surface area contributed by atoms with Gasteiger partial charge in [0.25, 0.3) is 5.91 Å². The molecule has 1 heterocycles. The molecule has 0 unspecified atom stereocenters. The van der Waals surface area contributed by atoms with E-state index < -0.39 is 0 Å². The molecule has 2 aromatic carbocycles. The molecule has 1 amide bonds. The van der Waals surface area contributed by atoms with Gasteiger partial charge in [-0.3, -0.25) is 4.79 Å². The van der Waals surface area contributed by atoms with Crippen LogP contribution in [0.3, 0.4) is 0 Å². The van der Waals surface area contributed by atoms with E-state index in [1.165, 1.54) is 16.0 Å². The number of benzene rings is 2. The van der Waals surface area contributed by atoms with E-state index in [1.54, 1.807) is 32.0 Å². The standard InChI is InChI=1S/C26H31NO4S/c1-17-10-11-19(26(2,3)4)14-23(17)32-16-20-12-13-22(31-20)25(28)27-15-18-8-7-9-21(29-5)24(18)30-6/h7-14H,15-16H2,1-6H3,(H,27,28). The molecule has 170 valence electrons. The molecule has 0 fully saturated rings. The zero-order valence-corrected chi connectivity index (χ0v) is 20.4. The van der Waals surface area contributed by atoms with Crippen molar-refractivity contribution in [2.75, 3.05) is 14.2 Å². The molecular formula is C26H31NO4S. The lowest BCUT2D eigenvalue weighted by Crippen LogP contribution is -2.22. The van der Waals surface area contributed by atoms with Crippen molar-refractivity contribution in [3.05, 3.63) is 76.7 Å². The van der Waals surface area contributed by atoms with Crippen LogP contribution in [0.4, 0.5) is 0 Å². The summed E-state index contributed by atoms with van der Waals surface area (Å²) < 4.78 is 16.5. The Bertz CT molecular complexity index is 1080. The minimum Gasteiger partial charge on any atom is -0.493 e. The number of hydrogen-bond donors (Lipinski definition) is 1. The first-order chi connectivity index (χ1) is 15.2. The lowest BCUT2D eigenvalue weighted by atomic mass is 9.87. The Labute approximate surface area is 194 Å². The largest absolute Gasteiger partial charge is 0.493 e. The number of aryl methyl sites for hydroxylation is 1. The number of para-hydroxylation sites is 1. The van der Waals surface area contributed by atoms with Gasteiger partial charge in [-0.25, -0.2) is 0 Å². The van der Waals surface area contributed by atoms with Gasteiger partial charge < -0.3 is 19.2 Å². The third-order valence-electron chi connectivity index (χ3n) is 5.23. The number of furan rings is 1. The molecule has 1 aromatic heterocycles. The van der Waals surface area contributed by atoms with Crippen molar-refractivity contribution < 1.29 is 18.7 Å². The maximum absolute atomic E-state index is 12.6. The number of hydrogen-bond acceptors (Lipinski definition) is 5. The Morgan fingerprint density at radius 1 is 1.06 bits per heavy atom. The Hall–Kier alpha value is -2.86. The summed E-state index contributed by atoms with van der Waals surface area (Å²) in [7, 11) is 3.17. The molecule has 0 radical (unpaired) electrons. The first kappa shape index (κ1) is 23.8. The maximum atomic E-state index is 12.6. The lowest BCUT2D eigenvalue weighted by molar-refractivity contribution is 0.0921. The molecule has 6 heteroatoms. The Morgan fingerprint density at radius 2 is 1.84 bits per heavy atom. The average Bonchev–Trinajstić information content (AvgIpc) is 3.24. The van der Waals surface area contributed by atoms with E-state index in [2.05, 4.69) is 51.2 Å². The van der Waals surface area contributed by atoms with Crippen molar-refractivity contribution in [1.29, 1.82) is 0 Å². The summed E-state index contributed by atoms with van der Waals surface area (Å²) in [5.74, 6) is 2.69. The van der Waals surface area contributed by atoms with Crippen LogP contribution in [-0.4, -0.2) is 20.1 Å². The highest BCUT2D eigenvalue weighted by molar-refractivity contribution is 7.98. The van der Waals surface area contributed by atoms with Crippen molar-refractivity contribution in [3.8, 4) is 11.5 Å². The summed E-state index contributed by atoms with van der Waals surface area (Å²) in [6.45, 7) is 9.06. The Balaban J connectivity index is 1.62. The highest BCUT2D eigenvalue weighted by atomic mass is 32.2. The molecule has 0 bridgehead atoms. The third kappa shape index (κ3) is 5.68. The lowest BCUT2D eigenvalue weighted by Gasteiger charge is -2.20. The number of amides is 1. The zero-order valence-electron chi connectivity index (χ0n) is 19.6. The minimum atomic E-state index is -0.267. The Kier molecular flexibility index (Phi) is 7.56. The van der Waals surface area contributed by atoms with Crippen LogP contribution in [-0.2, 0) is 17.7 Å². The molecule has 0 aliphatic heterocycles. The number of ether oxygens (including phenoxy) is 2. The first-order valence-electron chi connectivity index (χ1n) is 10.5. The van der Waals surface area contributed by atoms with Crippen LogP contribution in [0.25, 0.3) is 0 Å². The fourth-order valence-corrected chi connectivity index (χ4v) is 4.26. The van der Waals surface area contributed by atoms with Crippen LogP contribution in [0.5, 0.6) is 11.5 Å². The Morgan fingerprint density at radius 3 is 2.53 bits per heavy atom. The predicted molar refractivity (Wildman–Crippen MR) is 129 cm³/mol. The smallest absolute Gasteiger partial charge is 0.287 e. The van der Waals surface area contributed by atoms with Crippen LogP contribution in [0.2, 0.25) is 0 Å². The van der Waals surface area contributed by atoms with Crippen molar-refractivity contribution in [2.24, 2.45) is 0 Å². The summed E-state index contributed by atoms with van der Waals surface area (Å²) in [5.41, 5.74) is 3.47. The van der Waals surface area contributed by atoms with Crippen LogP contribution in [0.1, 0.15) is 53.8 Å². The maximum Gasteiger partial charge on any atom is 0.287 e.